The number of piperidine rings is 1. The van der Waals surface area contributed by atoms with Crippen LogP contribution in [0.2, 0.25) is 0 Å². The van der Waals surface area contributed by atoms with Gasteiger partial charge in [0.25, 0.3) is 0 Å². The topological polar surface area (TPSA) is 44.4 Å². The van der Waals surface area contributed by atoms with E-state index in [0.717, 1.165) is 38.0 Å². The highest BCUT2D eigenvalue weighted by molar-refractivity contribution is 5.73. The van der Waals surface area contributed by atoms with E-state index >= 15 is 0 Å². The van der Waals surface area contributed by atoms with Crippen molar-refractivity contribution in [3.8, 4) is 0 Å². The highest BCUT2D eigenvalue weighted by Crippen LogP contribution is 2.17. The van der Waals surface area contributed by atoms with Gasteiger partial charge in [0.15, 0.2) is 0 Å². The third kappa shape index (κ3) is 5.30. The molecule has 1 fully saturated rings. The summed E-state index contributed by atoms with van der Waals surface area (Å²) in [6.07, 6.45) is 2.27. The number of amides is 2. The molecule has 0 bridgehead atoms. The molecule has 5 heteroatoms. The largest absolute Gasteiger partial charge is 0.338 e. The lowest BCUT2D eigenvalue weighted by Crippen LogP contribution is -2.43. The minimum Gasteiger partial charge on any atom is -0.338 e. The van der Waals surface area contributed by atoms with Crippen LogP contribution >= 0.6 is 0 Å². The monoisotopic (exact) mass is 307 g/mol. The van der Waals surface area contributed by atoms with Crippen LogP contribution in [0.1, 0.15) is 32.3 Å². The average Bonchev–Trinajstić information content (AvgIpc) is 2.52. The Hall–Kier alpha value is -1.62. The number of nitrogens with one attached hydrogen (secondary N) is 2. The molecule has 4 nitrogen and oxygen atoms in total. The van der Waals surface area contributed by atoms with Crippen LogP contribution in [0.15, 0.2) is 24.3 Å². The second kappa shape index (κ2) is 8.13. The second-order valence-electron chi connectivity index (χ2n) is 6.26. The fourth-order valence-electron chi connectivity index (χ4n) is 2.76. The number of carbonyl (C=O) groups is 1. The Balaban J connectivity index is 1.63. The molecule has 1 aliphatic heterocycles. The lowest BCUT2D eigenvalue weighted by molar-refractivity contribution is 0.148. The highest BCUT2D eigenvalue weighted by atomic mass is 19.1. The molecular weight excluding hydrogens is 281 g/mol. The van der Waals surface area contributed by atoms with Crippen molar-refractivity contribution >= 4 is 6.03 Å². The van der Waals surface area contributed by atoms with E-state index in [1.807, 2.05) is 0 Å². The van der Waals surface area contributed by atoms with Gasteiger partial charge in [0.2, 0.25) is 0 Å². The van der Waals surface area contributed by atoms with E-state index in [1.165, 1.54) is 12.1 Å². The zero-order chi connectivity index (χ0) is 15.9. The number of hydrogen-bond donors (Lipinski definition) is 2. The SMILES string of the molecule is CC(C)N1CCC(CNC(=O)NCc2ccc(F)cc2)CC1. The van der Waals surface area contributed by atoms with Crippen molar-refractivity contribution in [3.05, 3.63) is 35.6 Å². The number of urea groups is 1. The molecule has 22 heavy (non-hydrogen) atoms. The van der Waals surface area contributed by atoms with Gasteiger partial charge in [0.05, 0.1) is 0 Å². The van der Waals surface area contributed by atoms with E-state index < -0.39 is 0 Å². The summed E-state index contributed by atoms with van der Waals surface area (Å²) in [7, 11) is 0. The molecule has 0 aromatic heterocycles. The summed E-state index contributed by atoms with van der Waals surface area (Å²) in [4.78, 5) is 14.3. The van der Waals surface area contributed by atoms with Crippen molar-refractivity contribution in [2.24, 2.45) is 5.92 Å². The first kappa shape index (κ1) is 16.7. The lowest BCUT2D eigenvalue weighted by atomic mass is 9.96. The van der Waals surface area contributed by atoms with Crippen LogP contribution in [-0.2, 0) is 6.54 Å². The Morgan fingerprint density at radius 3 is 2.45 bits per heavy atom. The number of hydrogen-bond acceptors (Lipinski definition) is 2. The van der Waals surface area contributed by atoms with Crippen LogP contribution in [0.25, 0.3) is 0 Å². The van der Waals surface area contributed by atoms with Gasteiger partial charge in [-0.25, -0.2) is 9.18 Å². The van der Waals surface area contributed by atoms with Crippen molar-refractivity contribution in [2.75, 3.05) is 19.6 Å². The summed E-state index contributed by atoms with van der Waals surface area (Å²) >= 11 is 0. The lowest BCUT2D eigenvalue weighted by Gasteiger charge is -2.34. The Morgan fingerprint density at radius 2 is 1.86 bits per heavy atom. The van der Waals surface area contributed by atoms with Crippen LogP contribution in [0.5, 0.6) is 0 Å². The van der Waals surface area contributed by atoms with E-state index in [9.17, 15) is 9.18 Å². The fourth-order valence-corrected chi connectivity index (χ4v) is 2.76. The molecule has 1 aliphatic rings. The molecule has 0 atom stereocenters. The molecule has 1 aromatic carbocycles. The van der Waals surface area contributed by atoms with Crippen molar-refractivity contribution in [3.63, 3.8) is 0 Å². The predicted molar refractivity (Wildman–Crippen MR) is 86.1 cm³/mol. The third-order valence-corrected chi connectivity index (χ3v) is 4.30. The van der Waals surface area contributed by atoms with Crippen LogP contribution in [0, 0.1) is 11.7 Å². The Morgan fingerprint density at radius 1 is 1.23 bits per heavy atom. The van der Waals surface area contributed by atoms with E-state index in [4.69, 9.17) is 0 Å². The molecular formula is C17H26FN3O. The van der Waals surface area contributed by atoms with Gasteiger partial charge in [-0.15, -0.1) is 0 Å². The molecule has 0 spiro atoms. The molecule has 0 unspecified atom stereocenters. The molecule has 1 heterocycles. The standard InChI is InChI=1S/C17H26FN3O/c1-13(2)21-9-7-15(8-10-21)12-20-17(22)19-11-14-3-5-16(18)6-4-14/h3-6,13,15H,7-12H2,1-2H3,(H2,19,20,22). The first-order valence-corrected chi connectivity index (χ1v) is 8.05. The summed E-state index contributed by atoms with van der Waals surface area (Å²) < 4.78 is 12.8. The fraction of sp³-hybridized carbons (Fsp3) is 0.588. The maximum atomic E-state index is 12.8. The molecule has 0 aliphatic carbocycles. The number of benzene rings is 1. The van der Waals surface area contributed by atoms with Crippen molar-refractivity contribution < 1.29 is 9.18 Å². The molecule has 1 aromatic rings. The average molecular weight is 307 g/mol. The first-order valence-electron chi connectivity index (χ1n) is 8.05. The molecule has 2 rings (SSSR count). The summed E-state index contributed by atoms with van der Waals surface area (Å²) in [6, 6.07) is 6.60. The van der Waals surface area contributed by atoms with Gasteiger partial charge >= 0.3 is 6.03 Å². The summed E-state index contributed by atoms with van der Waals surface area (Å²) in [5.41, 5.74) is 0.891. The molecule has 1 saturated heterocycles. The number of rotatable bonds is 5. The van der Waals surface area contributed by atoms with E-state index in [2.05, 4.69) is 29.4 Å². The predicted octanol–water partition coefficient (Wildman–Crippen LogP) is 2.75. The summed E-state index contributed by atoms with van der Waals surface area (Å²) in [5, 5.41) is 5.74. The molecule has 2 amide bonds. The maximum Gasteiger partial charge on any atom is 0.315 e. The van der Waals surface area contributed by atoms with Gasteiger partial charge in [-0.1, -0.05) is 12.1 Å². The summed E-state index contributed by atoms with van der Waals surface area (Å²) in [6.45, 7) is 7.81. The van der Waals surface area contributed by atoms with Crippen LogP contribution in [0.4, 0.5) is 9.18 Å². The van der Waals surface area contributed by atoms with Crippen molar-refractivity contribution in [2.45, 2.75) is 39.3 Å². The maximum absolute atomic E-state index is 12.8. The van der Waals surface area contributed by atoms with E-state index in [-0.39, 0.29) is 11.8 Å². The van der Waals surface area contributed by atoms with Gasteiger partial charge in [-0.05, 0) is 63.4 Å². The van der Waals surface area contributed by atoms with Gasteiger partial charge < -0.3 is 15.5 Å². The first-order chi connectivity index (χ1) is 10.5. The minimum absolute atomic E-state index is 0.157. The quantitative estimate of drug-likeness (QED) is 0.878. The van der Waals surface area contributed by atoms with Gasteiger partial charge in [-0.2, -0.15) is 0 Å². The molecule has 2 N–H and O–H groups in total. The highest BCUT2D eigenvalue weighted by Gasteiger charge is 2.20. The Bertz CT molecular complexity index is 467. The molecule has 0 radical (unpaired) electrons. The van der Waals surface area contributed by atoms with Crippen LogP contribution in [0.3, 0.4) is 0 Å². The number of nitrogens with zero attached hydrogens (tertiary/aromatic N) is 1. The van der Waals surface area contributed by atoms with E-state index in [0.29, 0.717) is 18.5 Å². The summed E-state index contributed by atoms with van der Waals surface area (Å²) in [5.74, 6) is 0.299. The van der Waals surface area contributed by atoms with Crippen molar-refractivity contribution in [1.29, 1.82) is 0 Å². The molecule has 0 saturated carbocycles. The Labute approximate surface area is 132 Å². The second-order valence-corrected chi connectivity index (χ2v) is 6.26. The smallest absolute Gasteiger partial charge is 0.315 e. The molecule has 122 valence electrons. The zero-order valence-corrected chi connectivity index (χ0v) is 13.4. The van der Waals surface area contributed by atoms with Gasteiger partial charge in [0.1, 0.15) is 5.82 Å². The van der Waals surface area contributed by atoms with Crippen molar-refractivity contribution in [1.82, 2.24) is 15.5 Å². The van der Waals surface area contributed by atoms with Crippen LogP contribution in [-0.4, -0.2) is 36.6 Å². The van der Waals surface area contributed by atoms with Gasteiger partial charge in [-0.3, -0.25) is 0 Å². The zero-order valence-electron chi connectivity index (χ0n) is 13.4. The normalized spacial score (nSPS) is 16.7. The Kier molecular flexibility index (Phi) is 6.19. The van der Waals surface area contributed by atoms with Gasteiger partial charge in [0, 0.05) is 19.1 Å². The number of likely N-dealkylation sites (tertiary alicyclic amines) is 1. The van der Waals surface area contributed by atoms with Crippen LogP contribution < -0.4 is 10.6 Å². The van der Waals surface area contributed by atoms with E-state index in [1.54, 1.807) is 12.1 Å². The number of carbonyl (C=O) groups excluding carboxylic acids is 1. The number of halogens is 1. The minimum atomic E-state index is -0.263. The third-order valence-electron chi connectivity index (χ3n) is 4.30.